The van der Waals surface area contributed by atoms with Crippen molar-refractivity contribution in [3.05, 3.63) is 35.9 Å². The maximum atomic E-state index is 9.60. The molecule has 0 radical (unpaired) electrons. The summed E-state index contributed by atoms with van der Waals surface area (Å²) < 4.78 is 0. The van der Waals surface area contributed by atoms with Crippen molar-refractivity contribution < 1.29 is 5.11 Å². The highest BCUT2D eigenvalue weighted by atomic mass is 32.2. The Balaban J connectivity index is 2.18. The molecule has 2 atom stereocenters. The predicted molar refractivity (Wildman–Crippen MR) is 60.0 cm³/mol. The van der Waals surface area contributed by atoms with Crippen molar-refractivity contribution in [1.29, 1.82) is 0 Å². The van der Waals surface area contributed by atoms with Crippen LogP contribution in [-0.2, 0) is 0 Å². The van der Waals surface area contributed by atoms with Crippen LogP contribution in [0.4, 0.5) is 0 Å². The molecule has 0 bridgehead atoms. The van der Waals surface area contributed by atoms with Gasteiger partial charge in [-0.3, -0.25) is 4.90 Å². The van der Waals surface area contributed by atoms with Crippen LogP contribution >= 0.6 is 11.8 Å². The fourth-order valence-corrected chi connectivity index (χ4v) is 3.13. The van der Waals surface area contributed by atoms with Gasteiger partial charge in [0, 0.05) is 12.3 Å². The van der Waals surface area contributed by atoms with Crippen LogP contribution in [0, 0.1) is 0 Å². The second-order valence-corrected chi connectivity index (χ2v) is 4.69. The van der Waals surface area contributed by atoms with Crippen LogP contribution in [0.25, 0.3) is 0 Å². The Labute approximate surface area is 88.9 Å². The molecule has 1 heterocycles. The van der Waals surface area contributed by atoms with Crippen molar-refractivity contribution in [3.63, 3.8) is 0 Å². The third-order valence-electron chi connectivity index (χ3n) is 2.49. The number of hydrogen-bond acceptors (Lipinski definition) is 3. The smallest absolute Gasteiger partial charge is 0.105 e. The van der Waals surface area contributed by atoms with Gasteiger partial charge < -0.3 is 5.11 Å². The summed E-state index contributed by atoms with van der Waals surface area (Å²) in [7, 11) is 0. The fourth-order valence-electron chi connectivity index (χ4n) is 1.77. The predicted octanol–water partition coefficient (Wildman–Crippen LogP) is 2.07. The van der Waals surface area contributed by atoms with Gasteiger partial charge in [-0.2, -0.15) is 0 Å². The lowest BCUT2D eigenvalue weighted by molar-refractivity contribution is 0.0202. The molecule has 2 rings (SSSR count). The third kappa shape index (κ3) is 1.95. The molecule has 1 aromatic carbocycles. The van der Waals surface area contributed by atoms with E-state index in [1.54, 1.807) is 0 Å². The quantitative estimate of drug-likeness (QED) is 0.806. The Bertz CT molecular complexity index is 289. The summed E-state index contributed by atoms with van der Waals surface area (Å²) >= 11 is 1.90. The van der Waals surface area contributed by atoms with E-state index in [-0.39, 0.29) is 6.23 Å². The van der Waals surface area contributed by atoms with Gasteiger partial charge in [0.15, 0.2) is 0 Å². The number of rotatable bonds is 2. The van der Waals surface area contributed by atoms with Crippen molar-refractivity contribution >= 4 is 11.8 Å². The standard InChI is InChI=1S/C11H15NOS/c1-9(13)12-7-8-14-11(12)10-5-3-2-4-6-10/h2-6,9,11,13H,7-8H2,1H3. The molecule has 1 N–H and O–H groups in total. The molecule has 76 valence electrons. The molecular weight excluding hydrogens is 194 g/mol. The molecule has 14 heavy (non-hydrogen) atoms. The molecule has 1 aromatic rings. The molecule has 2 nitrogen and oxygen atoms in total. The molecule has 1 fully saturated rings. The maximum Gasteiger partial charge on any atom is 0.105 e. The van der Waals surface area contributed by atoms with Gasteiger partial charge in [0.2, 0.25) is 0 Å². The normalized spacial score (nSPS) is 25.1. The van der Waals surface area contributed by atoms with Gasteiger partial charge in [0.25, 0.3) is 0 Å². The van der Waals surface area contributed by atoms with Crippen molar-refractivity contribution in [1.82, 2.24) is 4.90 Å². The van der Waals surface area contributed by atoms with Gasteiger partial charge in [0.05, 0.1) is 5.37 Å². The van der Waals surface area contributed by atoms with Crippen LogP contribution < -0.4 is 0 Å². The summed E-state index contributed by atoms with van der Waals surface area (Å²) in [6.07, 6.45) is -0.352. The minimum Gasteiger partial charge on any atom is -0.379 e. The summed E-state index contributed by atoms with van der Waals surface area (Å²) in [6.45, 7) is 2.81. The average molecular weight is 209 g/mol. The van der Waals surface area contributed by atoms with Gasteiger partial charge in [-0.1, -0.05) is 30.3 Å². The number of aliphatic hydroxyl groups excluding tert-OH is 1. The number of aliphatic hydroxyl groups is 1. The first-order valence-electron chi connectivity index (χ1n) is 4.89. The zero-order valence-corrected chi connectivity index (χ0v) is 9.07. The number of nitrogens with zero attached hydrogens (tertiary/aromatic N) is 1. The highest BCUT2D eigenvalue weighted by Crippen LogP contribution is 2.38. The van der Waals surface area contributed by atoms with Crippen molar-refractivity contribution in [3.8, 4) is 0 Å². The van der Waals surface area contributed by atoms with E-state index in [2.05, 4.69) is 29.2 Å². The molecule has 1 aliphatic heterocycles. The van der Waals surface area contributed by atoms with E-state index in [9.17, 15) is 5.11 Å². The van der Waals surface area contributed by atoms with E-state index in [0.717, 1.165) is 12.3 Å². The maximum absolute atomic E-state index is 9.60. The number of benzene rings is 1. The second-order valence-electron chi connectivity index (χ2n) is 3.50. The van der Waals surface area contributed by atoms with Gasteiger partial charge in [-0.15, -0.1) is 11.8 Å². The molecule has 0 saturated carbocycles. The van der Waals surface area contributed by atoms with E-state index in [0.29, 0.717) is 5.37 Å². The third-order valence-corrected chi connectivity index (χ3v) is 3.77. The van der Waals surface area contributed by atoms with E-state index < -0.39 is 0 Å². The van der Waals surface area contributed by atoms with Gasteiger partial charge in [-0.25, -0.2) is 0 Å². The second kappa shape index (κ2) is 4.34. The van der Waals surface area contributed by atoms with Crippen molar-refractivity contribution in [2.75, 3.05) is 12.3 Å². The van der Waals surface area contributed by atoms with E-state index in [1.807, 2.05) is 24.8 Å². The summed E-state index contributed by atoms with van der Waals surface area (Å²) in [6, 6.07) is 10.4. The largest absolute Gasteiger partial charge is 0.379 e. The Morgan fingerprint density at radius 3 is 2.79 bits per heavy atom. The topological polar surface area (TPSA) is 23.5 Å². The first-order chi connectivity index (χ1) is 6.79. The summed E-state index contributed by atoms with van der Waals surface area (Å²) in [5.74, 6) is 1.10. The lowest BCUT2D eigenvalue weighted by Gasteiger charge is -2.26. The molecule has 1 saturated heterocycles. The highest BCUT2D eigenvalue weighted by molar-refractivity contribution is 7.99. The van der Waals surface area contributed by atoms with Crippen LogP contribution in [-0.4, -0.2) is 28.5 Å². The zero-order chi connectivity index (χ0) is 9.97. The Morgan fingerprint density at radius 1 is 1.43 bits per heavy atom. The van der Waals surface area contributed by atoms with E-state index in [4.69, 9.17) is 0 Å². The summed E-state index contributed by atoms with van der Waals surface area (Å²) in [5, 5.41) is 9.93. The van der Waals surface area contributed by atoms with Crippen molar-refractivity contribution in [2.24, 2.45) is 0 Å². The van der Waals surface area contributed by atoms with Gasteiger partial charge >= 0.3 is 0 Å². The SMILES string of the molecule is CC(O)N1CCSC1c1ccccc1. The average Bonchev–Trinajstić information content (AvgIpc) is 2.67. The first-order valence-corrected chi connectivity index (χ1v) is 5.94. The molecule has 0 aromatic heterocycles. The molecule has 0 spiro atoms. The van der Waals surface area contributed by atoms with Crippen LogP contribution in [0.15, 0.2) is 30.3 Å². The fraction of sp³-hybridized carbons (Fsp3) is 0.455. The van der Waals surface area contributed by atoms with Crippen LogP contribution in [0.5, 0.6) is 0 Å². The monoisotopic (exact) mass is 209 g/mol. The van der Waals surface area contributed by atoms with Crippen LogP contribution in [0.1, 0.15) is 17.9 Å². The molecule has 0 aliphatic carbocycles. The highest BCUT2D eigenvalue weighted by Gasteiger charge is 2.28. The number of hydrogen-bond donors (Lipinski definition) is 1. The van der Waals surface area contributed by atoms with Crippen LogP contribution in [0.2, 0.25) is 0 Å². The van der Waals surface area contributed by atoms with Gasteiger partial charge in [0.1, 0.15) is 6.23 Å². The Hall–Kier alpha value is -0.510. The van der Waals surface area contributed by atoms with Gasteiger partial charge in [-0.05, 0) is 12.5 Å². The lowest BCUT2D eigenvalue weighted by atomic mass is 10.2. The van der Waals surface area contributed by atoms with Crippen molar-refractivity contribution in [2.45, 2.75) is 18.5 Å². The molecule has 1 aliphatic rings. The Morgan fingerprint density at radius 2 is 2.14 bits per heavy atom. The summed E-state index contributed by atoms with van der Waals surface area (Å²) in [5.41, 5.74) is 1.29. The number of thioether (sulfide) groups is 1. The minimum absolute atomic E-state index is 0.330. The summed E-state index contributed by atoms with van der Waals surface area (Å²) in [4.78, 5) is 2.12. The Kier molecular flexibility index (Phi) is 3.11. The molecule has 0 amide bonds. The molecule has 3 heteroatoms. The van der Waals surface area contributed by atoms with E-state index >= 15 is 0 Å². The molecule has 2 unspecified atom stereocenters. The zero-order valence-electron chi connectivity index (χ0n) is 8.26. The first kappa shape index (κ1) is 10.0. The lowest BCUT2D eigenvalue weighted by Crippen LogP contribution is -2.31. The van der Waals surface area contributed by atoms with Crippen LogP contribution in [0.3, 0.4) is 0 Å². The van der Waals surface area contributed by atoms with E-state index in [1.165, 1.54) is 5.56 Å². The minimum atomic E-state index is -0.352. The molecular formula is C11H15NOS.